The summed E-state index contributed by atoms with van der Waals surface area (Å²) >= 11 is 8.27. The van der Waals surface area contributed by atoms with Crippen molar-refractivity contribution >= 4 is 33.3 Å². The molecule has 0 heterocycles. The van der Waals surface area contributed by atoms with Gasteiger partial charge in [0.05, 0.1) is 5.88 Å². The van der Waals surface area contributed by atoms with Crippen LogP contribution < -0.4 is 0 Å². The Bertz CT molecular complexity index is 64.7. The molecule has 0 aromatic carbocycles. The third-order valence-electron chi connectivity index (χ3n) is 0.522. The van der Waals surface area contributed by atoms with E-state index in [2.05, 4.69) is 15.9 Å². The predicted molar refractivity (Wildman–Crippen MR) is 34.1 cm³/mol. The van der Waals surface area contributed by atoms with Crippen molar-refractivity contribution in [3.8, 4) is 0 Å². The first-order chi connectivity index (χ1) is 3.31. The molecule has 0 unspecified atom stereocenters. The van der Waals surface area contributed by atoms with Crippen molar-refractivity contribution in [2.75, 3.05) is 11.2 Å². The summed E-state index contributed by atoms with van der Waals surface area (Å²) in [5.74, 6) is 0.240. The van der Waals surface area contributed by atoms with Crippen molar-refractivity contribution in [3.63, 3.8) is 0 Å². The number of Topliss-reactive ketones (excluding diaryl/α,β-unsaturated/α-hetero) is 1. The number of hydrogen-bond donors (Lipinski definition) is 0. The van der Waals surface area contributed by atoms with Crippen LogP contribution in [0.5, 0.6) is 0 Å². The van der Waals surface area contributed by atoms with E-state index >= 15 is 0 Å². The lowest BCUT2D eigenvalue weighted by atomic mass is 10.4. The van der Waals surface area contributed by atoms with E-state index in [1.165, 1.54) is 0 Å². The molecule has 0 saturated carbocycles. The van der Waals surface area contributed by atoms with Crippen molar-refractivity contribution in [1.82, 2.24) is 0 Å². The molecule has 0 bridgehead atoms. The van der Waals surface area contributed by atoms with Gasteiger partial charge in [0.1, 0.15) is 5.78 Å². The molecule has 3 heteroatoms. The van der Waals surface area contributed by atoms with Gasteiger partial charge >= 0.3 is 0 Å². The van der Waals surface area contributed by atoms with Crippen LogP contribution in [0.2, 0.25) is 0 Å². The molecule has 0 N–H and O–H groups in total. The first-order valence-corrected chi connectivity index (χ1v) is 3.60. The molecule has 0 aromatic rings. The van der Waals surface area contributed by atoms with Gasteiger partial charge in [-0.1, -0.05) is 15.9 Å². The van der Waals surface area contributed by atoms with Crippen LogP contribution in [-0.2, 0) is 4.79 Å². The molecule has 0 radical (unpaired) electrons. The maximum Gasteiger partial charge on any atom is 0.148 e. The number of rotatable bonds is 3. The lowest BCUT2D eigenvalue weighted by Crippen LogP contribution is -1.97. The van der Waals surface area contributed by atoms with Crippen LogP contribution in [0.4, 0.5) is 0 Å². The Morgan fingerprint density at radius 2 is 2.29 bits per heavy atom. The van der Waals surface area contributed by atoms with E-state index in [0.29, 0.717) is 6.42 Å². The van der Waals surface area contributed by atoms with Gasteiger partial charge in [0, 0.05) is 11.8 Å². The maximum atomic E-state index is 10.2. The largest absolute Gasteiger partial charge is 0.298 e. The minimum Gasteiger partial charge on any atom is -0.298 e. The van der Waals surface area contributed by atoms with Crippen LogP contribution in [0.1, 0.15) is 6.42 Å². The number of carbonyl (C=O) groups excluding carboxylic acids is 1. The molecule has 0 aromatic heterocycles. The normalized spacial score (nSPS) is 8.86. The Hall–Kier alpha value is 0.440. The third-order valence-corrected chi connectivity index (χ3v) is 1.22. The van der Waals surface area contributed by atoms with E-state index in [0.717, 1.165) is 5.33 Å². The smallest absolute Gasteiger partial charge is 0.148 e. The van der Waals surface area contributed by atoms with Gasteiger partial charge in [-0.05, 0) is 0 Å². The maximum absolute atomic E-state index is 10.2. The zero-order valence-corrected chi connectivity index (χ0v) is 6.13. The van der Waals surface area contributed by atoms with E-state index in [4.69, 9.17) is 11.6 Å². The fourth-order valence-electron chi connectivity index (χ4n) is 0.172. The van der Waals surface area contributed by atoms with Gasteiger partial charge in [0.2, 0.25) is 0 Å². The van der Waals surface area contributed by atoms with Gasteiger partial charge in [0.15, 0.2) is 0 Å². The Morgan fingerprint density at radius 3 is 2.43 bits per heavy atom. The van der Waals surface area contributed by atoms with Crippen LogP contribution in [0.15, 0.2) is 0 Å². The van der Waals surface area contributed by atoms with Crippen molar-refractivity contribution in [2.24, 2.45) is 0 Å². The summed E-state index contributed by atoms with van der Waals surface area (Å²) in [7, 11) is 0. The number of alkyl halides is 2. The summed E-state index contributed by atoms with van der Waals surface area (Å²) in [6.07, 6.45) is 0.545. The summed E-state index contributed by atoms with van der Waals surface area (Å²) in [6.45, 7) is 0. The summed E-state index contributed by atoms with van der Waals surface area (Å²) in [4.78, 5) is 10.2. The predicted octanol–water partition coefficient (Wildman–Crippen LogP) is 1.58. The average molecular weight is 185 g/mol. The second kappa shape index (κ2) is 4.60. The Labute approximate surface area is 56.2 Å². The number of hydrogen-bond acceptors (Lipinski definition) is 1. The van der Waals surface area contributed by atoms with Gasteiger partial charge in [-0.3, -0.25) is 4.79 Å². The van der Waals surface area contributed by atoms with Crippen molar-refractivity contribution in [2.45, 2.75) is 6.42 Å². The van der Waals surface area contributed by atoms with Gasteiger partial charge < -0.3 is 0 Å². The molecule has 0 aliphatic heterocycles. The standard InChI is InChI=1S/C4H6BrClO/c5-2-1-4(7)3-6/h1-3H2. The molecule has 0 fully saturated rings. The fraction of sp³-hybridized carbons (Fsp3) is 0.750. The zero-order chi connectivity index (χ0) is 5.70. The Kier molecular flexibility index (Phi) is 4.88. The van der Waals surface area contributed by atoms with Gasteiger partial charge in [-0.25, -0.2) is 0 Å². The van der Waals surface area contributed by atoms with Crippen molar-refractivity contribution in [3.05, 3.63) is 0 Å². The topological polar surface area (TPSA) is 17.1 Å². The van der Waals surface area contributed by atoms with Crippen LogP contribution in [0.3, 0.4) is 0 Å². The molecule has 0 rings (SSSR count). The van der Waals surface area contributed by atoms with Gasteiger partial charge in [-0.2, -0.15) is 0 Å². The van der Waals surface area contributed by atoms with E-state index in [-0.39, 0.29) is 11.7 Å². The summed E-state index contributed by atoms with van der Waals surface area (Å²) in [5, 5.41) is 0.721. The molecule has 0 aliphatic carbocycles. The van der Waals surface area contributed by atoms with E-state index in [1.807, 2.05) is 0 Å². The average Bonchev–Trinajstić information content (AvgIpc) is 1.68. The van der Waals surface area contributed by atoms with E-state index in [9.17, 15) is 4.79 Å². The first kappa shape index (κ1) is 7.44. The SMILES string of the molecule is O=C(CCl)CCBr. The molecule has 7 heavy (non-hydrogen) atoms. The molecule has 0 saturated heterocycles. The number of halogens is 2. The summed E-state index contributed by atoms with van der Waals surface area (Å²) < 4.78 is 0. The second-order valence-corrected chi connectivity index (χ2v) is 2.17. The van der Waals surface area contributed by atoms with Crippen LogP contribution in [0, 0.1) is 0 Å². The monoisotopic (exact) mass is 184 g/mol. The molecular weight excluding hydrogens is 179 g/mol. The molecular formula is C4H6BrClO. The van der Waals surface area contributed by atoms with Crippen LogP contribution >= 0.6 is 27.5 Å². The molecule has 0 aliphatic rings. The van der Waals surface area contributed by atoms with E-state index < -0.39 is 0 Å². The van der Waals surface area contributed by atoms with Crippen LogP contribution in [0.25, 0.3) is 0 Å². The van der Waals surface area contributed by atoms with Crippen molar-refractivity contribution in [1.29, 1.82) is 0 Å². The number of carbonyl (C=O) groups is 1. The van der Waals surface area contributed by atoms with Crippen molar-refractivity contribution < 1.29 is 4.79 Å². The van der Waals surface area contributed by atoms with E-state index in [1.54, 1.807) is 0 Å². The van der Waals surface area contributed by atoms with Gasteiger partial charge in [0.25, 0.3) is 0 Å². The molecule has 1 nitrogen and oxygen atoms in total. The third kappa shape index (κ3) is 4.29. The summed E-state index contributed by atoms with van der Waals surface area (Å²) in [6, 6.07) is 0. The molecule has 0 spiro atoms. The fourth-order valence-corrected chi connectivity index (χ4v) is 0.748. The molecule has 42 valence electrons. The summed E-state index contributed by atoms with van der Waals surface area (Å²) in [5.41, 5.74) is 0. The van der Waals surface area contributed by atoms with Crippen LogP contribution in [-0.4, -0.2) is 17.0 Å². The minimum absolute atomic E-state index is 0.0959. The Morgan fingerprint density at radius 1 is 1.71 bits per heavy atom. The highest BCUT2D eigenvalue weighted by Crippen LogP contribution is 1.90. The highest BCUT2D eigenvalue weighted by molar-refractivity contribution is 9.09. The molecule has 0 atom stereocenters. The van der Waals surface area contributed by atoms with Gasteiger partial charge in [-0.15, -0.1) is 11.6 Å². The molecule has 0 amide bonds. The minimum atomic E-state index is 0.0959. The highest BCUT2D eigenvalue weighted by Gasteiger charge is 1.93. The lowest BCUT2D eigenvalue weighted by Gasteiger charge is -1.84. The zero-order valence-electron chi connectivity index (χ0n) is 3.79. The quantitative estimate of drug-likeness (QED) is 0.610. The Balaban J connectivity index is 3.00. The number of ketones is 1. The lowest BCUT2D eigenvalue weighted by molar-refractivity contribution is -0.116. The second-order valence-electron chi connectivity index (χ2n) is 1.11. The first-order valence-electron chi connectivity index (χ1n) is 1.95. The highest BCUT2D eigenvalue weighted by atomic mass is 79.9.